The molecule has 8 rings (SSSR count). The second-order valence-electron chi connectivity index (χ2n) is 12.3. The van der Waals surface area contributed by atoms with Crippen molar-refractivity contribution in [2.24, 2.45) is 5.92 Å². The number of aromatic nitrogens is 3. The van der Waals surface area contributed by atoms with Crippen molar-refractivity contribution in [3.8, 4) is 11.1 Å². The lowest BCUT2D eigenvalue weighted by Crippen LogP contribution is -2.54. The summed E-state index contributed by atoms with van der Waals surface area (Å²) in [6.45, 7) is 2.56. The summed E-state index contributed by atoms with van der Waals surface area (Å²) in [5.41, 5.74) is 4.80. The SMILES string of the molecule is O=C1CCC(N2C(=O)c3ccc(N4CC(CCN5C=CCN(c6cccc(-c7cnc8[nH]ncc8c7)c6)C5=O)C4)cc3C2=O)C(=O)N1. The van der Waals surface area contributed by atoms with Crippen LogP contribution in [-0.4, -0.2) is 86.9 Å². The Labute approximate surface area is 268 Å². The number of imide groups is 2. The summed E-state index contributed by atoms with van der Waals surface area (Å²) in [7, 11) is 0. The highest BCUT2D eigenvalue weighted by Crippen LogP contribution is 2.34. The van der Waals surface area contributed by atoms with E-state index in [-0.39, 0.29) is 30.0 Å². The second kappa shape index (κ2) is 11.2. The third-order valence-electron chi connectivity index (χ3n) is 9.36. The molecule has 4 aromatic rings. The van der Waals surface area contributed by atoms with Crippen LogP contribution in [0.2, 0.25) is 0 Å². The van der Waals surface area contributed by atoms with Crippen LogP contribution in [0.15, 0.2) is 73.2 Å². The van der Waals surface area contributed by atoms with Crippen molar-refractivity contribution in [3.05, 3.63) is 84.3 Å². The quantitative estimate of drug-likeness (QED) is 0.295. The molecule has 0 aliphatic carbocycles. The first-order chi connectivity index (χ1) is 22.8. The third-order valence-corrected chi connectivity index (χ3v) is 9.36. The molecule has 47 heavy (non-hydrogen) atoms. The van der Waals surface area contributed by atoms with Gasteiger partial charge in [-0.3, -0.25) is 39.4 Å². The lowest BCUT2D eigenvalue weighted by atomic mass is 9.94. The van der Waals surface area contributed by atoms with Gasteiger partial charge in [0.25, 0.3) is 11.8 Å². The van der Waals surface area contributed by atoms with Crippen molar-refractivity contribution >= 4 is 52.1 Å². The van der Waals surface area contributed by atoms with E-state index >= 15 is 0 Å². The lowest BCUT2D eigenvalue weighted by Gasteiger charge is -2.42. The number of H-pyrrole nitrogens is 1. The van der Waals surface area contributed by atoms with Crippen molar-refractivity contribution < 1.29 is 24.0 Å². The van der Waals surface area contributed by atoms with Crippen LogP contribution < -0.4 is 15.1 Å². The average Bonchev–Trinajstić information content (AvgIpc) is 3.62. The minimum atomic E-state index is -0.988. The van der Waals surface area contributed by atoms with Gasteiger partial charge in [-0.05, 0) is 66.8 Å². The number of hydrogen-bond donors (Lipinski definition) is 2. The van der Waals surface area contributed by atoms with Crippen LogP contribution >= 0.6 is 0 Å². The number of carbonyl (C=O) groups is 5. The van der Waals surface area contributed by atoms with E-state index in [9.17, 15) is 24.0 Å². The Morgan fingerprint density at radius 2 is 1.72 bits per heavy atom. The molecule has 4 aliphatic heterocycles. The van der Waals surface area contributed by atoms with Crippen molar-refractivity contribution in [1.82, 2.24) is 30.3 Å². The van der Waals surface area contributed by atoms with E-state index < -0.39 is 29.7 Å². The summed E-state index contributed by atoms with van der Waals surface area (Å²) in [6.07, 6.45) is 8.38. The Morgan fingerprint density at radius 3 is 2.57 bits per heavy atom. The maximum Gasteiger partial charge on any atom is 0.328 e. The van der Waals surface area contributed by atoms with Crippen LogP contribution in [0.1, 0.15) is 40.0 Å². The fourth-order valence-electron chi connectivity index (χ4n) is 6.75. The summed E-state index contributed by atoms with van der Waals surface area (Å²) in [6, 6.07) is 14.0. The van der Waals surface area contributed by atoms with E-state index in [4.69, 9.17) is 0 Å². The molecule has 236 valence electrons. The number of piperidine rings is 1. The topological polar surface area (TPSA) is 152 Å². The van der Waals surface area contributed by atoms with Gasteiger partial charge >= 0.3 is 6.03 Å². The lowest BCUT2D eigenvalue weighted by molar-refractivity contribution is -0.136. The van der Waals surface area contributed by atoms with E-state index in [0.717, 1.165) is 57.9 Å². The van der Waals surface area contributed by atoms with Gasteiger partial charge in [0, 0.05) is 67.3 Å². The van der Waals surface area contributed by atoms with Crippen molar-refractivity contribution in [2.45, 2.75) is 25.3 Å². The van der Waals surface area contributed by atoms with Gasteiger partial charge in [0.2, 0.25) is 11.8 Å². The zero-order chi connectivity index (χ0) is 32.2. The molecule has 0 spiro atoms. The average molecular weight is 631 g/mol. The Balaban J connectivity index is 0.881. The highest BCUT2D eigenvalue weighted by atomic mass is 16.2. The number of urea groups is 1. The predicted molar refractivity (Wildman–Crippen MR) is 171 cm³/mol. The van der Waals surface area contributed by atoms with Crippen LogP contribution in [0.4, 0.5) is 16.2 Å². The summed E-state index contributed by atoms with van der Waals surface area (Å²) >= 11 is 0. The molecule has 0 saturated carbocycles. The van der Waals surface area contributed by atoms with Gasteiger partial charge in [-0.1, -0.05) is 12.1 Å². The summed E-state index contributed by atoms with van der Waals surface area (Å²) < 4.78 is 0. The summed E-state index contributed by atoms with van der Waals surface area (Å²) in [4.78, 5) is 74.7. The molecule has 0 bridgehead atoms. The smallest absolute Gasteiger partial charge is 0.328 e. The standard InChI is InChI=1S/C34H30N8O5/c43-29-8-7-28(31(44)37-29)42-32(45)26-6-5-24(15-27(26)33(42)46)40-18-20(19-40)9-12-39-10-2-11-41(34(39)47)25-4-1-3-21(14-25)22-13-23-17-36-38-30(23)35-16-22/h1-6,10,13-17,20,28H,7-9,11-12,18-19H2,(H,35,36,38)(H,37,43,44). The van der Waals surface area contributed by atoms with Gasteiger partial charge in [-0.25, -0.2) is 9.78 Å². The molecule has 2 aromatic heterocycles. The fourth-order valence-corrected chi connectivity index (χ4v) is 6.75. The molecule has 6 amide bonds. The van der Waals surface area contributed by atoms with Gasteiger partial charge in [-0.15, -0.1) is 0 Å². The molecule has 13 nitrogen and oxygen atoms in total. The van der Waals surface area contributed by atoms with Gasteiger partial charge in [0.1, 0.15) is 6.04 Å². The third kappa shape index (κ3) is 5.00. The number of pyridine rings is 1. The van der Waals surface area contributed by atoms with Gasteiger partial charge in [-0.2, -0.15) is 5.10 Å². The molecular formula is C34H30N8O5. The zero-order valence-electron chi connectivity index (χ0n) is 25.3. The van der Waals surface area contributed by atoms with Gasteiger partial charge in [0.15, 0.2) is 5.65 Å². The molecule has 1 atom stereocenters. The number of nitrogens with zero attached hydrogens (tertiary/aromatic N) is 6. The van der Waals surface area contributed by atoms with E-state index in [1.807, 2.05) is 48.7 Å². The van der Waals surface area contributed by atoms with Gasteiger partial charge in [0.05, 0.1) is 17.3 Å². The van der Waals surface area contributed by atoms with Crippen LogP contribution in [0.25, 0.3) is 22.2 Å². The normalized spacial score (nSPS) is 19.9. The number of hydrogen-bond acceptors (Lipinski definition) is 8. The number of carbonyl (C=O) groups excluding carboxylic acids is 5. The first-order valence-corrected chi connectivity index (χ1v) is 15.6. The monoisotopic (exact) mass is 630 g/mol. The van der Waals surface area contributed by atoms with Crippen molar-refractivity contribution in [3.63, 3.8) is 0 Å². The molecule has 6 heterocycles. The molecule has 2 aromatic carbocycles. The zero-order valence-corrected chi connectivity index (χ0v) is 25.3. The van der Waals surface area contributed by atoms with E-state index in [1.165, 1.54) is 0 Å². The number of fused-ring (bicyclic) bond motifs is 2. The molecule has 13 heteroatoms. The number of anilines is 2. The number of amides is 6. The minimum absolute atomic E-state index is 0.0772. The maximum absolute atomic E-state index is 13.5. The molecular weight excluding hydrogens is 600 g/mol. The molecule has 2 fully saturated rings. The largest absolute Gasteiger partial charge is 0.371 e. The minimum Gasteiger partial charge on any atom is -0.371 e. The maximum atomic E-state index is 13.5. The van der Waals surface area contributed by atoms with Gasteiger partial charge < -0.3 is 9.80 Å². The summed E-state index contributed by atoms with van der Waals surface area (Å²) in [5, 5.41) is 10.0. The van der Waals surface area contributed by atoms with Crippen LogP contribution in [-0.2, 0) is 9.59 Å². The van der Waals surface area contributed by atoms with E-state index in [0.29, 0.717) is 19.0 Å². The number of benzene rings is 2. The summed E-state index contributed by atoms with van der Waals surface area (Å²) in [5.74, 6) is -1.70. The van der Waals surface area contributed by atoms with E-state index in [1.54, 1.807) is 34.3 Å². The highest BCUT2D eigenvalue weighted by Gasteiger charge is 2.45. The van der Waals surface area contributed by atoms with Crippen molar-refractivity contribution in [2.75, 3.05) is 36.0 Å². The Hall–Kier alpha value is -5.85. The number of nitrogens with one attached hydrogen (secondary N) is 2. The van der Waals surface area contributed by atoms with Crippen molar-refractivity contribution in [1.29, 1.82) is 0 Å². The number of aromatic amines is 1. The molecule has 4 aliphatic rings. The highest BCUT2D eigenvalue weighted by molar-refractivity contribution is 6.23. The first kappa shape index (κ1) is 28.6. The first-order valence-electron chi connectivity index (χ1n) is 15.6. The Morgan fingerprint density at radius 1 is 0.872 bits per heavy atom. The Bertz CT molecular complexity index is 2010. The van der Waals surface area contributed by atoms with E-state index in [2.05, 4.69) is 25.4 Å². The van der Waals surface area contributed by atoms with Crippen LogP contribution in [0.3, 0.4) is 0 Å². The Kier molecular flexibility index (Phi) is 6.81. The molecule has 0 radical (unpaired) electrons. The predicted octanol–water partition coefficient (Wildman–Crippen LogP) is 3.31. The molecule has 2 saturated heterocycles. The second-order valence-corrected chi connectivity index (χ2v) is 12.3. The fraction of sp³-hybridized carbons (Fsp3) is 0.265. The van der Waals surface area contributed by atoms with Crippen LogP contribution in [0.5, 0.6) is 0 Å². The molecule has 2 N–H and O–H groups in total. The van der Waals surface area contributed by atoms with Crippen LogP contribution in [0, 0.1) is 5.92 Å². The number of rotatable bonds is 7. The molecule has 1 unspecified atom stereocenters.